The number of hydrogen-bond donors (Lipinski definition) is 0. The number of hydrogen-bond acceptors (Lipinski definition) is 2. The van der Waals surface area contributed by atoms with Gasteiger partial charge in [-0.3, -0.25) is 0 Å². The summed E-state index contributed by atoms with van der Waals surface area (Å²) in [5, 5.41) is 0. The molecule has 34 valence electrons. The molecule has 0 aliphatic heterocycles. The first kappa shape index (κ1) is 25.1. The predicted molar refractivity (Wildman–Crippen MR) is 16.6 cm³/mol. The summed E-state index contributed by atoms with van der Waals surface area (Å²) in [4.78, 5) is 0. The largest absolute Gasteiger partial charge is 4.00 e. The minimum atomic E-state index is -0.363. The Morgan fingerprint density at radius 1 is 1.00 bits per heavy atom. The first-order valence-corrected chi connectivity index (χ1v) is 5.92. The zero-order valence-electron chi connectivity index (χ0n) is 2.54. The van der Waals surface area contributed by atoms with Crippen LogP contribution in [-0.4, -0.2) is 0 Å². The van der Waals surface area contributed by atoms with E-state index in [4.69, 9.17) is 0 Å². The van der Waals surface area contributed by atoms with Crippen LogP contribution in [0.3, 0.4) is 0 Å². The van der Waals surface area contributed by atoms with Crippen molar-refractivity contribution in [1.29, 1.82) is 0 Å². The van der Waals surface area contributed by atoms with E-state index in [9.17, 15) is 0 Å². The fraction of sp³-hybridized carbons (Fsp3) is 0. The molecule has 0 radical (unpaired) electrons. The molecule has 0 aromatic heterocycles. The van der Waals surface area contributed by atoms with Gasteiger partial charge in [-0.1, -0.05) is 0 Å². The van der Waals surface area contributed by atoms with Crippen LogP contribution in [0.25, 0.3) is 0 Å². The van der Waals surface area contributed by atoms with Gasteiger partial charge < -0.3 is 11.0 Å². The van der Waals surface area contributed by atoms with E-state index in [-0.39, 0.29) is 47.6 Å². The van der Waals surface area contributed by atoms with Crippen LogP contribution in [0.2, 0.25) is 0 Å². The van der Waals surface area contributed by atoms with Crippen LogP contribution in [0.5, 0.6) is 0 Å². The van der Waals surface area contributed by atoms with Gasteiger partial charge in [0.25, 0.3) is 0 Å². The van der Waals surface area contributed by atoms with Crippen molar-refractivity contribution in [3.63, 3.8) is 0 Å². The quantitative estimate of drug-likeness (QED) is 0.594. The van der Waals surface area contributed by atoms with E-state index in [1.165, 1.54) is 0 Å². The molecule has 0 atom stereocenters. The second kappa shape index (κ2) is 29.4. The maximum atomic E-state index is 4.34. The van der Waals surface area contributed by atoms with Crippen molar-refractivity contribution in [3.8, 4) is 0 Å². The van der Waals surface area contributed by atoms with E-state index >= 15 is 0 Å². The third-order valence-electron chi connectivity index (χ3n) is 0. The summed E-state index contributed by atoms with van der Waals surface area (Å²) < 4.78 is 0. The Hall–Kier alpha value is 1.76. The van der Waals surface area contributed by atoms with E-state index in [1.54, 1.807) is 0 Å². The van der Waals surface area contributed by atoms with E-state index in [0.29, 0.717) is 0 Å². The Labute approximate surface area is 66.6 Å². The van der Waals surface area contributed by atoms with Crippen molar-refractivity contribution in [2.75, 3.05) is 0 Å². The molecule has 0 aliphatic rings. The average molecular weight is 240 g/mol. The maximum Gasteiger partial charge on any atom is 4.00 e. The summed E-state index contributed by atoms with van der Waals surface area (Å²) in [7, 11) is 8.68. The molecule has 0 bridgehead atoms. The molecule has 0 aromatic carbocycles. The predicted octanol–water partition coefficient (Wildman–Crippen LogP) is 1.05. The SMILES string of the molecule is [O-2].[O-2].[S]=[Mo]=[S].[Ti+4]. The average Bonchev–Trinajstić information content (AvgIpc) is 0.918. The molecule has 2 nitrogen and oxygen atoms in total. The first-order valence-electron chi connectivity index (χ1n) is 0.333. The van der Waals surface area contributed by atoms with Crippen LogP contribution in [0.1, 0.15) is 0 Å². The zero-order chi connectivity index (χ0) is 2.71. The van der Waals surface area contributed by atoms with Crippen molar-refractivity contribution in [2.45, 2.75) is 0 Å². The van der Waals surface area contributed by atoms with E-state index in [1.807, 2.05) is 0 Å². The molecule has 0 saturated heterocycles. The second-order valence-corrected chi connectivity index (χ2v) is 3.62. The van der Waals surface area contributed by atoms with Crippen molar-refractivity contribution in [1.82, 2.24) is 0 Å². The third kappa shape index (κ3) is 42.1. The van der Waals surface area contributed by atoms with Gasteiger partial charge in [0.05, 0.1) is 0 Å². The van der Waals surface area contributed by atoms with Gasteiger partial charge >= 0.3 is 56.3 Å². The van der Waals surface area contributed by atoms with Gasteiger partial charge in [-0.25, -0.2) is 0 Å². The van der Waals surface area contributed by atoms with Gasteiger partial charge in [0, 0.05) is 0 Å². The standard InChI is InChI=1S/Mo.2O.2S.Ti/q;2*-2;;;+4. The maximum absolute atomic E-state index is 4.34. The zero-order valence-corrected chi connectivity index (χ0v) is 7.74. The van der Waals surface area contributed by atoms with Crippen molar-refractivity contribution >= 4 is 19.6 Å². The topological polar surface area (TPSA) is 57.0 Å². The molecule has 0 fully saturated rings. The Morgan fingerprint density at radius 3 is 1.00 bits per heavy atom. The van der Waals surface area contributed by atoms with Crippen molar-refractivity contribution in [2.24, 2.45) is 0 Å². The number of rotatable bonds is 0. The van der Waals surface area contributed by atoms with Gasteiger partial charge in [-0.15, -0.1) is 0 Å². The molecular weight excluding hydrogens is 240 g/mol. The minimum Gasteiger partial charge on any atom is 4.00 e. The Bertz CT molecular complexity index is 32.5. The molecule has 0 aromatic rings. The Kier molecular flexibility index (Phi) is 123. The van der Waals surface area contributed by atoms with E-state index < -0.39 is 0 Å². The van der Waals surface area contributed by atoms with Crippen LogP contribution in [-0.2, 0) is 47.6 Å². The third-order valence-corrected chi connectivity index (χ3v) is 0. The Balaban J connectivity index is -0.00000000667. The van der Waals surface area contributed by atoms with Gasteiger partial charge in [0.1, 0.15) is 0 Å². The van der Waals surface area contributed by atoms with Crippen molar-refractivity contribution < 1.29 is 47.6 Å². The molecule has 0 heterocycles. The fourth-order valence-electron chi connectivity index (χ4n) is 0. The van der Waals surface area contributed by atoms with E-state index in [0.717, 1.165) is 0 Å². The molecule has 0 spiro atoms. The summed E-state index contributed by atoms with van der Waals surface area (Å²) in [6.45, 7) is 0. The van der Waals surface area contributed by atoms with Gasteiger partial charge in [0.2, 0.25) is 0 Å². The summed E-state index contributed by atoms with van der Waals surface area (Å²) in [5.74, 6) is 0. The molecule has 0 rings (SSSR count). The normalized spacial score (nSPS) is 2.00. The molecule has 6 heteroatoms. The minimum absolute atomic E-state index is 0. The first-order chi connectivity index (χ1) is 1.41. The smallest absolute Gasteiger partial charge is 4.00 e. The van der Waals surface area contributed by atoms with Crippen LogP contribution >= 0.6 is 19.6 Å². The van der Waals surface area contributed by atoms with Crippen LogP contribution < -0.4 is 0 Å². The fourth-order valence-corrected chi connectivity index (χ4v) is 0. The monoisotopic (exact) mass is 242 g/mol. The summed E-state index contributed by atoms with van der Waals surface area (Å²) in [6, 6.07) is 0. The molecule has 0 N–H and O–H groups in total. The second-order valence-electron chi connectivity index (χ2n) is 0.0680. The molecule has 0 aliphatic carbocycles. The van der Waals surface area contributed by atoms with E-state index in [2.05, 4.69) is 19.6 Å². The van der Waals surface area contributed by atoms with Crippen LogP contribution in [0.15, 0.2) is 0 Å². The van der Waals surface area contributed by atoms with Crippen LogP contribution in [0.4, 0.5) is 0 Å². The van der Waals surface area contributed by atoms with Gasteiger partial charge in [0.15, 0.2) is 0 Å². The molecular formula is MoO2S2Ti. The molecule has 0 unspecified atom stereocenters. The van der Waals surface area contributed by atoms with Gasteiger partial charge in [-0.05, 0) is 0 Å². The summed E-state index contributed by atoms with van der Waals surface area (Å²) in [5.41, 5.74) is 0. The summed E-state index contributed by atoms with van der Waals surface area (Å²) in [6.07, 6.45) is 0. The molecule has 6 heavy (non-hydrogen) atoms. The molecule has 0 saturated carbocycles. The Morgan fingerprint density at radius 2 is 1.00 bits per heavy atom. The van der Waals surface area contributed by atoms with Gasteiger partial charge in [-0.2, -0.15) is 0 Å². The van der Waals surface area contributed by atoms with Crippen LogP contribution in [0, 0.1) is 0 Å². The van der Waals surface area contributed by atoms with Crippen molar-refractivity contribution in [3.05, 3.63) is 0 Å². The summed E-state index contributed by atoms with van der Waals surface area (Å²) >= 11 is -0.363. The molecule has 0 amide bonds.